The number of nitro benzene ring substituents is 1. The fourth-order valence-electron chi connectivity index (χ4n) is 2.54. The van der Waals surface area contributed by atoms with Crippen LogP contribution in [-0.2, 0) is 11.3 Å². The molecule has 8 heteroatoms. The molecule has 0 bridgehead atoms. The summed E-state index contributed by atoms with van der Waals surface area (Å²) in [5, 5.41) is 10.8. The van der Waals surface area contributed by atoms with Crippen molar-refractivity contribution in [3.63, 3.8) is 0 Å². The van der Waals surface area contributed by atoms with Gasteiger partial charge in [-0.25, -0.2) is 4.79 Å². The predicted molar refractivity (Wildman–Crippen MR) is 90.6 cm³/mol. The minimum absolute atomic E-state index is 0.0755. The molecule has 1 saturated heterocycles. The number of hydrogen-bond donors (Lipinski definition) is 1. The van der Waals surface area contributed by atoms with Crippen molar-refractivity contribution in [3.05, 3.63) is 33.9 Å². The number of carbonyl (C=O) groups is 1. The lowest BCUT2D eigenvalue weighted by atomic mass is 10.1. The van der Waals surface area contributed by atoms with Crippen molar-refractivity contribution in [1.82, 2.24) is 9.80 Å². The maximum Gasteiger partial charge on any atom is 0.410 e. The van der Waals surface area contributed by atoms with E-state index in [1.807, 2.05) is 20.8 Å². The summed E-state index contributed by atoms with van der Waals surface area (Å²) < 4.78 is 5.37. The summed E-state index contributed by atoms with van der Waals surface area (Å²) in [6.45, 7) is 8.81. The largest absolute Gasteiger partial charge is 0.444 e. The SMILES string of the molecule is CC(C)(C)OC(=O)N1CCN(Cc2ccc([N+](=O)[O-])c(N)c2)CC1. The molecule has 2 N–H and O–H groups in total. The molecular formula is C16H24N4O4. The smallest absolute Gasteiger partial charge is 0.410 e. The highest BCUT2D eigenvalue weighted by atomic mass is 16.6. The molecule has 0 unspecified atom stereocenters. The summed E-state index contributed by atoms with van der Waals surface area (Å²) in [6.07, 6.45) is -0.290. The Balaban J connectivity index is 1.88. The standard InChI is InChI=1S/C16H24N4O4/c1-16(2,3)24-15(21)19-8-6-18(7-9-19)11-12-4-5-14(20(22)23)13(17)10-12/h4-5,10H,6-9,11,17H2,1-3H3. The van der Waals surface area contributed by atoms with Gasteiger partial charge in [0.2, 0.25) is 0 Å². The third-order valence-corrected chi connectivity index (χ3v) is 3.72. The number of anilines is 1. The number of nitrogens with two attached hydrogens (primary N) is 1. The van der Waals surface area contributed by atoms with Crippen molar-refractivity contribution in [2.24, 2.45) is 0 Å². The number of hydrogen-bond acceptors (Lipinski definition) is 6. The molecule has 0 saturated carbocycles. The van der Waals surface area contributed by atoms with Crippen molar-refractivity contribution in [1.29, 1.82) is 0 Å². The summed E-state index contributed by atoms with van der Waals surface area (Å²) in [6, 6.07) is 4.79. The van der Waals surface area contributed by atoms with Crippen LogP contribution in [-0.4, -0.2) is 52.6 Å². The Kier molecular flexibility index (Phi) is 5.28. The first-order valence-corrected chi connectivity index (χ1v) is 7.89. The summed E-state index contributed by atoms with van der Waals surface area (Å²) in [4.78, 5) is 26.2. The average molecular weight is 336 g/mol. The van der Waals surface area contributed by atoms with Gasteiger partial charge in [0.15, 0.2) is 0 Å². The van der Waals surface area contributed by atoms with E-state index in [1.165, 1.54) is 6.07 Å². The fourth-order valence-corrected chi connectivity index (χ4v) is 2.54. The first-order chi connectivity index (χ1) is 11.2. The van der Waals surface area contributed by atoms with Gasteiger partial charge in [0.05, 0.1) is 4.92 Å². The van der Waals surface area contributed by atoms with Crippen LogP contribution in [0.1, 0.15) is 26.3 Å². The number of benzene rings is 1. The van der Waals surface area contributed by atoms with E-state index >= 15 is 0 Å². The molecule has 0 spiro atoms. The number of carbonyl (C=O) groups excluding carboxylic acids is 1. The third kappa shape index (κ3) is 4.82. The molecule has 2 rings (SSSR count). The number of nitro groups is 1. The molecule has 1 fully saturated rings. The summed E-state index contributed by atoms with van der Waals surface area (Å²) in [5.74, 6) is 0. The van der Waals surface area contributed by atoms with E-state index in [2.05, 4.69) is 4.90 Å². The molecule has 1 aromatic rings. The fraction of sp³-hybridized carbons (Fsp3) is 0.562. The van der Waals surface area contributed by atoms with E-state index in [0.717, 1.165) is 18.7 Å². The van der Waals surface area contributed by atoms with E-state index in [9.17, 15) is 14.9 Å². The highest BCUT2D eigenvalue weighted by Crippen LogP contribution is 2.23. The molecule has 132 valence electrons. The van der Waals surface area contributed by atoms with Gasteiger partial charge in [-0.3, -0.25) is 15.0 Å². The molecule has 0 radical (unpaired) electrons. The lowest BCUT2D eigenvalue weighted by molar-refractivity contribution is -0.383. The Bertz CT molecular complexity index is 619. The topological polar surface area (TPSA) is 102 Å². The van der Waals surface area contributed by atoms with Crippen LogP contribution in [0.15, 0.2) is 18.2 Å². The summed E-state index contributed by atoms with van der Waals surface area (Å²) in [7, 11) is 0. The van der Waals surface area contributed by atoms with Crippen LogP contribution in [0.3, 0.4) is 0 Å². The van der Waals surface area contributed by atoms with E-state index < -0.39 is 10.5 Å². The monoisotopic (exact) mass is 336 g/mol. The van der Waals surface area contributed by atoms with Crippen LogP contribution >= 0.6 is 0 Å². The van der Waals surface area contributed by atoms with Gasteiger partial charge in [0, 0.05) is 38.8 Å². The Hall–Kier alpha value is -2.35. The third-order valence-electron chi connectivity index (χ3n) is 3.72. The molecule has 1 amide bonds. The number of ether oxygens (including phenoxy) is 1. The number of piperazine rings is 1. The quantitative estimate of drug-likeness (QED) is 0.516. The lowest BCUT2D eigenvalue weighted by Gasteiger charge is -2.35. The molecule has 0 aromatic heterocycles. The molecule has 24 heavy (non-hydrogen) atoms. The molecule has 1 aliphatic heterocycles. The number of nitrogens with zero attached hydrogens (tertiary/aromatic N) is 3. The molecule has 1 aliphatic rings. The first-order valence-electron chi connectivity index (χ1n) is 7.89. The maximum absolute atomic E-state index is 12.0. The lowest BCUT2D eigenvalue weighted by Crippen LogP contribution is -2.49. The van der Waals surface area contributed by atoms with Gasteiger partial charge in [-0.05, 0) is 32.4 Å². The van der Waals surface area contributed by atoms with Gasteiger partial charge < -0.3 is 15.4 Å². The Labute approximate surface area is 141 Å². The minimum Gasteiger partial charge on any atom is -0.444 e. The van der Waals surface area contributed by atoms with Crippen LogP contribution < -0.4 is 5.73 Å². The Morgan fingerprint density at radius 2 is 1.92 bits per heavy atom. The second-order valence-electron chi connectivity index (χ2n) is 6.89. The number of amides is 1. The average Bonchev–Trinajstić information content (AvgIpc) is 2.45. The molecule has 0 atom stereocenters. The number of rotatable bonds is 3. The van der Waals surface area contributed by atoms with E-state index in [-0.39, 0.29) is 17.5 Å². The van der Waals surface area contributed by atoms with Gasteiger partial charge in [0.1, 0.15) is 11.3 Å². The van der Waals surface area contributed by atoms with Crippen molar-refractivity contribution in [2.45, 2.75) is 32.9 Å². The zero-order chi connectivity index (χ0) is 17.9. The molecule has 1 heterocycles. The zero-order valence-electron chi connectivity index (χ0n) is 14.3. The molecular weight excluding hydrogens is 312 g/mol. The van der Waals surface area contributed by atoms with Crippen LogP contribution in [0.4, 0.5) is 16.2 Å². The van der Waals surface area contributed by atoms with Gasteiger partial charge in [0.25, 0.3) is 5.69 Å². The number of nitrogen functional groups attached to an aromatic ring is 1. The van der Waals surface area contributed by atoms with Crippen molar-refractivity contribution >= 4 is 17.5 Å². The Morgan fingerprint density at radius 1 is 1.29 bits per heavy atom. The predicted octanol–water partition coefficient (Wildman–Crippen LogP) is 2.23. The maximum atomic E-state index is 12.0. The van der Waals surface area contributed by atoms with Gasteiger partial charge in [-0.15, -0.1) is 0 Å². The first kappa shape index (κ1) is 18.0. The van der Waals surface area contributed by atoms with Gasteiger partial charge >= 0.3 is 6.09 Å². The molecule has 8 nitrogen and oxygen atoms in total. The van der Waals surface area contributed by atoms with Crippen LogP contribution in [0.25, 0.3) is 0 Å². The second-order valence-corrected chi connectivity index (χ2v) is 6.89. The van der Waals surface area contributed by atoms with Gasteiger partial charge in [-0.1, -0.05) is 6.07 Å². The second kappa shape index (κ2) is 7.04. The van der Waals surface area contributed by atoms with E-state index in [4.69, 9.17) is 10.5 Å². The van der Waals surface area contributed by atoms with Crippen molar-refractivity contribution in [3.8, 4) is 0 Å². The van der Waals surface area contributed by atoms with E-state index in [0.29, 0.717) is 19.6 Å². The summed E-state index contributed by atoms with van der Waals surface area (Å²) >= 11 is 0. The molecule has 0 aliphatic carbocycles. The highest BCUT2D eigenvalue weighted by Gasteiger charge is 2.26. The normalized spacial score (nSPS) is 16.0. The van der Waals surface area contributed by atoms with Crippen LogP contribution in [0, 0.1) is 10.1 Å². The van der Waals surface area contributed by atoms with E-state index in [1.54, 1.807) is 17.0 Å². The van der Waals surface area contributed by atoms with Crippen LogP contribution in [0.2, 0.25) is 0 Å². The minimum atomic E-state index is -0.496. The zero-order valence-corrected chi connectivity index (χ0v) is 14.3. The van der Waals surface area contributed by atoms with Crippen LogP contribution in [0.5, 0.6) is 0 Å². The van der Waals surface area contributed by atoms with Crippen molar-refractivity contribution in [2.75, 3.05) is 31.9 Å². The van der Waals surface area contributed by atoms with Gasteiger partial charge in [-0.2, -0.15) is 0 Å². The highest BCUT2D eigenvalue weighted by molar-refractivity contribution is 5.68. The van der Waals surface area contributed by atoms with Crippen molar-refractivity contribution < 1.29 is 14.5 Å². The Morgan fingerprint density at radius 3 is 2.42 bits per heavy atom. The molecule has 1 aromatic carbocycles. The summed E-state index contributed by atoms with van der Waals surface area (Å²) in [5.41, 5.74) is 6.24.